The van der Waals surface area contributed by atoms with Gasteiger partial charge in [-0.1, -0.05) is 0 Å². The number of hydrogen-bond acceptors (Lipinski definition) is 5. The topological polar surface area (TPSA) is 89.6 Å². The van der Waals surface area contributed by atoms with Gasteiger partial charge in [0.05, 0.1) is 11.6 Å². The molecule has 10 heteroatoms. The molecule has 4 rings (SSSR count). The number of nitrogens with one attached hydrogen (secondary N) is 1. The maximum atomic E-state index is 12.5. The number of aromatic nitrogens is 8. The molecule has 4 aromatic heterocycles. The predicted octanol–water partition coefficient (Wildman–Crippen LogP) is 1.26. The molecule has 100 valence electrons. The second kappa shape index (κ2) is 3.79. The second-order valence-corrected chi connectivity index (χ2v) is 4.04. The number of aromatic amines is 1. The molecule has 4 heterocycles. The lowest BCUT2D eigenvalue weighted by Gasteiger charge is -1.95. The van der Waals surface area contributed by atoms with E-state index in [1.54, 1.807) is 6.20 Å². The fourth-order valence-corrected chi connectivity index (χ4v) is 1.92. The van der Waals surface area contributed by atoms with E-state index in [-0.39, 0.29) is 11.5 Å². The Morgan fingerprint density at radius 2 is 2.15 bits per heavy atom. The highest BCUT2D eigenvalue weighted by molar-refractivity contribution is 5.88. The van der Waals surface area contributed by atoms with Gasteiger partial charge in [-0.05, 0) is 6.07 Å². The van der Waals surface area contributed by atoms with Gasteiger partial charge < -0.3 is 0 Å². The van der Waals surface area contributed by atoms with Crippen molar-refractivity contribution < 1.29 is 8.78 Å². The van der Waals surface area contributed by atoms with Crippen LogP contribution in [0.3, 0.4) is 0 Å². The third-order valence-electron chi connectivity index (χ3n) is 2.83. The lowest BCUT2D eigenvalue weighted by Crippen LogP contribution is -1.98. The van der Waals surface area contributed by atoms with Crippen molar-refractivity contribution >= 4 is 16.7 Å². The number of alkyl halides is 2. The van der Waals surface area contributed by atoms with Crippen LogP contribution in [0, 0.1) is 0 Å². The minimum atomic E-state index is -2.69. The van der Waals surface area contributed by atoms with Crippen molar-refractivity contribution in [3.05, 3.63) is 24.8 Å². The van der Waals surface area contributed by atoms with E-state index in [1.807, 2.05) is 0 Å². The quantitative estimate of drug-likeness (QED) is 0.595. The van der Waals surface area contributed by atoms with Crippen molar-refractivity contribution in [2.24, 2.45) is 0 Å². The van der Waals surface area contributed by atoms with Gasteiger partial charge in [0, 0.05) is 6.20 Å². The highest BCUT2D eigenvalue weighted by Gasteiger charge is 2.15. The molecular formula is C10H6F2N8. The number of rotatable bonds is 2. The van der Waals surface area contributed by atoms with Gasteiger partial charge in [0.25, 0.3) is 0 Å². The Morgan fingerprint density at radius 3 is 2.95 bits per heavy atom. The van der Waals surface area contributed by atoms with Crippen molar-refractivity contribution in [2.75, 3.05) is 0 Å². The molecule has 4 aromatic rings. The van der Waals surface area contributed by atoms with Crippen molar-refractivity contribution in [3.8, 4) is 11.5 Å². The van der Waals surface area contributed by atoms with Crippen LogP contribution in [0.1, 0.15) is 6.55 Å². The maximum absolute atomic E-state index is 12.5. The molecule has 20 heavy (non-hydrogen) atoms. The molecule has 0 fully saturated rings. The molecule has 0 amide bonds. The molecule has 0 aliphatic carbocycles. The zero-order valence-electron chi connectivity index (χ0n) is 9.77. The monoisotopic (exact) mass is 276 g/mol. The van der Waals surface area contributed by atoms with Gasteiger partial charge in [0.1, 0.15) is 12.0 Å². The molecule has 0 aliphatic heterocycles. The fourth-order valence-electron chi connectivity index (χ4n) is 1.92. The number of hydrogen-bond donors (Lipinski definition) is 1. The Labute approximate surface area is 109 Å². The molecule has 0 atom stereocenters. The zero-order valence-corrected chi connectivity index (χ0v) is 9.77. The lowest BCUT2D eigenvalue weighted by atomic mass is 10.4. The summed E-state index contributed by atoms with van der Waals surface area (Å²) < 4.78 is 27.0. The first-order valence-corrected chi connectivity index (χ1v) is 5.60. The molecule has 8 nitrogen and oxygen atoms in total. The average molecular weight is 276 g/mol. The molecular weight excluding hydrogens is 270 g/mol. The van der Waals surface area contributed by atoms with Crippen LogP contribution < -0.4 is 0 Å². The van der Waals surface area contributed by atoms with Gasteiger partial charge in [0.15, 0.2) is 11.3 Å². The van der Waals surface area contributed by atoms with E-state index in [0.29, 0.717) is 21.4 Å². The third-order valence-corrected chi connectivity index (χ3v) is 2.83. The number of H-pyrrole nitrogens is 1. The minimum absolute atomic E-state index is 0.250. The molecule has 0 aliphatic rings. The summed E-state index contributed by atoms with van der Waals surface area (Å²) in [5, 5.41) is 15.2. The maximum Gasteiger partial charge on any atom is 0.333 e. The van der Waals surface area contributed by atoms with E-state index in [1.165, 1.54) is 23.1 Å². The average Bonchev–Trinajstić information content (AvgIpc) is 3.16. The van der Waals surface area contributed by atoms with Gasteiger partial charge >= 0.3 is 6.55 Å². The predicted molar refractivity (Wildman–Crippen MR) is 62.9 cm³/mol. The standard InChI is InChI=1S/C10H6F2N8/c11-10(12)19-2-1-6(17-19)8-15-9-5-3-14-16-7(5)13-4-20(9)18-8/h1-4,10H,(H,14,16). The largest absolute Gasteiger partial charge is 0.333 e. The van der Waals surface area contributed by atoms with Gasteiger partial charge in [-0.25, -0.2) is 19.2 Å². The first-order chi connectivity index (χ1) is 9.72. The number of halogens is 2. The molecule has 1 N–H and O–H groups in total. The Hall–Kier alpha value is -2.91. The summed E-state index contributed by atoms with van der Waals surface area (Å²) in [5.74, 6) is 0.250. The molecule has 0 aromatic carbocycles. The van der Waals surface area contributed by atoms with E-state index in [0.717, 1.165) is 0 Å². The van der Waals surface area contributed by atoms with Crippen LogP contribution >= 0.6 is 0 Å². The first kappa shape index (κ1) is 11.0. The Bertz CT molecular complexity index is 904. The molecule has 0 bridgehead atoms. The highest BCUT2D eigenvalue weighted by Crippen LogP contribution is 2.19. The zero-order chi connectivity index (χ0) is 13.7. The van der Waals surface area contributed by atoms with Crippen LogP contribution in [0.15, 0.2) is 24.8 Å². The van der Waals surface area contributed by atoms with E-state index < -0.39 is 6.55 Å². The highest BCUT2D eigenvalue weighted by atomic mass is 19.3. The van der Waals surface area contributed by atoms with Crippen LogP contribution in [0.5, 0.6) is 0 Å². The van der Waals surface area contributed by atoms with Gasteiger partial charge in [-0.3, -0.25) is 5.10 Å². The first-order valence-electron chi connectivity index (χ1n) is 5.60. The Balaban J connectivity index is 1.91. The fraction of sp³-hybridized carbons (Fsp3) is 0.100. The molecule has 0 radical (unpaired) electrons. The van der Waals surface area contributed by atoms with Crippen LogP contribution in [0.4, 0.5) is 8.78 Å². The van der Waals surface area contributed by atoms with Gasteiger partial charge in [-0.2, -0.15) is 19.0 Å². The van der Waals surface area contributed by atoms with Crippen molar-refractivity contribution in [1.82, 2.24) is 39.6 Å². The number of fused-ring (bicyclic) bond motifs is 3. The summed E-state index contributed by atoms with van der Waals surface area (Å²) >= 11 is 0. The Morgan fingerprint density at radius 1 is 1.25 bits per heavy atom. The summed E-state index contributed by atoms with van der Waals surface area (Å²) in [4.78, 5) is 8.39. The summed E-state index contributed by atoms with van der Waals surface area (Å²) in [6.45, 7) is -2.69. The smallest absolute Gasteiger partial charge is 0.261 e. The SMILES string of the molecule is FC(F)n1ccc(-c2nc3c4cn[nH]c4ncn3n2)n1. The van der Waals surface area contributed by atoms with Crippen LogP contribution in [-0.2, 0) is 0 Å². The summed E-state index contributed by atoms with van der Waals surface area (Å²) in [7, 11) is 0. The molecule has 0 unspecified atom stereocenters. The van der Waals surface area contributed by atoms with Gasteiger partial charge in [0.2, 0.25) is 5.82 Å². The number of nitrogens with zero attached hydrogens (tertiary/aromatic N) is 7. The lowest BCUT2D eigenvalue weighted by molar-refractivity contribution is 0.0568. The van der Waals surface area contributed by atoms with E-state index in [2.05, 4.69) is 30.4 Å². The van der Waals surface area contributed by atoms with E-state index in [4.69, 9.17) is 0 Å². The Kier molecular flexibility index (Phi) is 2.08. The van der Waals surface area contributed by atoms with Crippen LogP contribution in [0.2, 0.25) is 0 Å². The molecule has 0 saturated heterocycles. The summed E-state index contributed by atoms with van der Waals surface area (Å²) in [5.41, 5.74) is 1.38. The van der Waals surface area contributed by atoms with Gasteiger partial charge in [-0.15, -0.1) is 5.10 Å². The van der Waals surface area contributed by atoms with E-state index >= 15 is 0 Å². The van der Waals surface area contributed by atoms with Crippen LogP contribution in [-0.4, -0.2) is 39.6 Å². The van der Waals surface area contributed by atoms with Crippen molar-refractivity contribution in [1.29, 1.82) is 0 Å². The molecule has 0 spiro atoms. The van der Waals surface area contributed by atoms with Crippen LogP contribution in [0.25, 0.3) is 28.2 Å². The minimum Gasteiger partial charge on any atom is -0.261 e. The normalized spacial score (nSPS) is 11.9. The van der Waals surface area contributed by atoms with Crippen molar-refractivity contribution in [2.45, 2.75) is 6.55 Å². The summed E-state index contributed by atoms with van der Waals surface area (Å²) in [6.07, 6.45) is 4.22. The van der Waals surface area contributed by atoms with E-state index in [9.17, 15) is 8.78 Å². The van der Waals surface area contributed by atoms with Crippen molar-refractivity contribution in [3.63, 3.8) is 0 Å². The summed E-state index contributed by atoms with van der Waals surface area (Å²) in [6, 6.07) is 1.43. The third kappa shape index (κ3) is 1.47. The second-order valence-electron chi connectivity index (χ2n) is 4.04. The molecule has 0 saturated carbocycles.